The first-order valence-electron chi connectivity index (χ1n) is 16.5. The van der Waals surface area contributed by atoms with Crippen LogP contribution < -0.4 is 11.1 Å². The van der Waals surface area contributed by atoms with Gasteiger partial charge < -0.3 is 20.9 Å². The first kappa shape index (κ1) is 33.4. The molecule has 3 atom stereocenters. The molecule has 3 aromatic rings. The van der Waals surface area contributed by atoms with Crippen LogP contribution in [0.1, 0.15) is 78.2 Å². The topological polar surface area (TPSA) is 104 Å². The Hall–Kier alpha value is -3.51. The zero-order chi connectivity index (χ0) is 33.3. The second-order valence-electron chi connectivity index (χ2n) is 13.7. The van der Waals surface area contributed by atoms with Gasteiger partial charge in [-0.05, 0) is 65.0 Å². The number of aliphatic hydroxyl groups is 1. The second kappa shape index (κ2) is 13.5. The maximum Gasteiger partial charge on any atom is 0.417 e. The lowest BCUT2D eigenvalue weighted by atomic mass is 9.85. The van der Waals surface area contributed by atoms with Gasteiger partial charge in [-0.1, -0.05) is 56.3 Å². The number of hydrogen-bond donors (Lipinski definition) is 3. The number of aliphatic hydroxyl groups excluding tert-OH is 1. The molecule has 1 unspecified atom stereocenters. The number of β-amino-alcohol motifs (C(OH)–C–C–N with tert-alkyl or cyclic N) is 1. The Balaban J connectivity index is 1.07. The van der Waals surface area contributed by atoms with E-state index in [4.69, 9.17) is 10.5 Å². The lowest BCUT2D eigenvalue weighted by Crippen LogP contribution is -2.48. The van der Waals surface area contributed by atoms with Crippen molar-refractivity contribution in [1.82, 2.24) is 20.1 Å². The molecule has 2 heterocycles. The van der Waals surface area contributed by atoms with E-state index in [-0.39, 0.29) is 35.5 Å². The number of nitrogens with one attached hydrogen (secondary N) is 1. The number of amides is 1. The number of hydrogen-bond acceptors (Lipinski definition) is 7. The maximum absolute atomic E-state index is 13.2. The average molecular weight is 652 g/mol. The third kappa shape index (κ3) is 7.33. The molecule has 0 radical (unpaired) electrons. The summed E-state index contributed by atoms with van der Waals surface area (Å²) in [7, 11) is 0. The quantitative estimate of drug-likeness (QED) is 0.279. The highest BCUT2D eigenvalue weighted by Crippen LogP contribution is 2.48. The number of nitrogen functional groups attached to an aromatic ring is 1. The van der Waals surface area contributed by atoms with Gasteiger partial charge in [-0.25, -0.2) is 4.98 Å². The molecule has 47 heavy (non-hydrogen) atoms. The molecule has 8 nitrogen and oxygen atoms in total. The number of aromatic nitrogens is 1. The molecule has 0 spiro atoms. The molecule has 2 aliphatic carbocycles. The largest absolute Gasteiger partial charge is 0.417 e. The monoisotopic (exact) mass is 651 g/mol. The van der Waals surface area contributed by atoms with Crippen molar-refractivity contribution in [2.24, 2.45) is 0 Å². The Labute approximate surface area is 274 Å². The molecular formula is C36H44F3N5O3. The van der Waals surface area contributed by atoms with E-state index in [2.05, 4.69) is 76.4 Å². The van der Waals surface area contributed by atoms with Crippen molar-refractivity contribution in [3.8, 4) is 11.1 Å². The molecule has 2 fully saturated rings. The van der Waals surface area contributed by atoms with Crippen molar-refractivity contribution < 1.29 is 27.8 Å². The van der Waals surface area contributed by atoms with Gasteiger partial charge in [0.05, 0.1) is 36.5 Å². The number of nitrogens with two attached hydrogens (primary N) is 1. The Morgan fingerprint density at radius 2 is 1.79 bits per heavy atom. The summed E-state index contributed by atoms with van der Waals surface area (Å²) < 4.78 is 45.7. The Kier molecular flexibility index (Phi) is 9.62. The SMILES string of the molecule is CC1(C)CC(N2CCN(CCO)CC2)c2ccc(-c3ccc(CO[C@H]4CCC[C@@H]4NC(=O)c4cc(C(F)(F)F)cnc4N)cc3)cc21. The van der Waals surface area contributed by atoms with Crippen molar-refractivity contribution >= 4 is 11.7 Å². The molecule has 1 aliphatic heterocycles. The fourth-order valence-corrected chi connectivity index (χ4v) is 7.43. The summed E-state index contributed by atoms with van der Waals surface area (Å²) in [6.45, 7) is 9.99. The number of ether oxygens (including phenoxy) is 1. The third-order valence-electron chi connectivity index (χ3n) is 10.1. The normalized spacial score (nSPS) is 23.1. The van der Waals surface area contributed by atoms with Crippen molar-refractivity contribution in [1.29, 1.82) is 0 Å². The van der Waals surface area contributed by atoms with Gasteiger partial charge in [0.1, 0.15) is 5.82 Å². The molecule has 0 bridgehead atoms. The summed E-state index contributed by atoms with van der Waals surface area (Å²) in [4.78, 5) is 21.4. The van der Waals surface area contributed by atoms with Crippen LogP contribution in [-0.2, 0) is 22.9 Å². The number of benzene rings is 2. The minimum atomic E-state index is -4.62. The Bertz CT molecular complexity index is 1570. The molecular weight excluding hydrogens is 607 g/mol. The van der Waals surface area contributed by atoms with Crippen LogP contribution in [-0.4, -0.2) is 77.3 Å². The van der Waals surface area contributed by atoms with E-state index < -0.39 is 17.6 Å². The average Bonchev–Trinajstić information content (AvgIpc) is 3.60. The fourth-order valence-electron chi connectivity index (χ4n) is 7.43. The summed E-state index contributed by atoms with van der Waals surface area (Å²) >= 11 is 0. The van der Waals surface area contributed by atoms with Gasteiger partial charge in [-0.15, -0.1) is 0 Å². The fraction of sp³-hybridized carbons (Fsp3) is 0.500. The predicted molar refractivity (Wildman–Crippen MR) is 175 cm³/mol. The molecule has 1 aromatic heterocycles. The van der Waals surface area contributed by atoms with Crippen LogP contribution in [0.2, 0.25) is 0 Å². The number of anilines is 1. The van der Waals surface area contributed by atoms with E-state index >= 15 is 0 Å². The van der Waals surface area contributed by atoms with Gasteiger partial charge in [0.2, 0.25) is 0 Å². The van der Waals surface area contributed by atoms with Crippen LogP contribution in [0.5, 0.6) is 0 Å². The van der Waals surface area contributed by atoms with Crippen molar-refractivity contribution in [3.63, 3.8) is 0 Å². The number of pyridine rings is 1. The number of alkyl halides is 3. The molecule has 11 heteroatoms. The van der Waals surface area contributed by atoms with Crippen LogP contribution in [0.15, 0.2) is 54.7 Å². The number of fused-ring (bicyclic) bond motifs is 1. The standard InChI is InChI=1S/C36H44F3N5O3/c1-35(2)20-31(44-14-12-43(13-15-44)16-17-45)27-11-10-25(18-29(27)35)24-8-6-23(7-9-24)22-47-32-5-3-4-30(32)42-34(46)28-19-26(36(37,38)39)21-41-33(28)40/h6-11,18-19,21,30-32,45H,3-5,12-17,20,22H2,1-2H3,(H2,40,41)(H,42,46)/t30-,31?,32-/m0/s1. The molecule has 3 aliphatic rings. The molecule has 252 valence electrons. The molecule has 1 saturated carbocycles. The van der Waals surface area contributed by atoms with Gasteiger partial charge in [0, 0.05) is 45.0 Å². The first-order valence-corrected chi connectivity index (χ1v) is 16.5. The minimum absolute atomic E-state index is 0.0721. The van der Waals surface area contributed by atoms with Crippen LogP contribution in [0.25, 0.3) is 11.1 Å². The second-order valence-corrected chi connectivity index (χ2v) is 13.7. The summed E-state index contributed by atoms with van der Waals surface area (Å²) in [5.74, 6) is -0.929. The zero-order valence-electron chi connectivity index (χ0n) is 27.0. The van der Waals surface area contributed by atoms with Crippen molar-refractivity contribution in [2.75, 3.05) is 45.1 Å². The van der Waals surface area contributed by atoms with Crippen LogP contribution in [0, 0.1) is 0 Å². The Morgan fingerprint density at radius 3 is 2.49 bits per heavy atom. The van der Waals surface area contributed by atoms with Crippen LogP contribution in [0.4, 0.5) is 19.0 Å². The minimum Gasteiger partial charge on any atom is -0.395 e. The van der Waals surface area contributed by atoms with Gasteiger partial charge in [-0.3, -0.25) is 14.6 Å². The molecule has 1 amide bonds. The smallest absolute Gasteiger partial charge is 0.395 e. The summed E-state index contributed by atoms with van der Waals surface area (Å²) in [6, 6.07) is 16.0. The molecule has 1 saturated heterocycles. The van der Waals surface area contributed by atoms with E-state index in [1.807, 2.05) is 0 Å². The van der Waals surface area contributed by atoms with Crippen molar-refractivity contribution in [3.05, 3.63) is 82.5 Å². The van der Waals surface area contributed by atoms with Crippen molar-refractivity contribution in [2.45, 2.75) is 75.9 Å². The lowest BCUT2D eigenvalue weighted by molar-refractivity contribution is -0.137. The first-order chi connectivity index (χ1) is 22.4. The number of rotatable bonds is 9. The highest BCUT2D eigenvalue weighted by Gasteiger charge is 2.40. The van der Waals surface area contributed by atoms with Gasteiger partial charge in [-0.2, -0.15) is 13.2 Å². The van der Waals surface area contributed by atoms with Gasteiger partial charge in [0.15, 0.2) is 0 Å². The molecule has 4 N–H and O–H groups in total. The van der Waals surface area contributed by atoms with Gasteiger partial charge >= 0.3 is 6.18 Å². The lowest BCUT2D eigenvalue weighted by Gasteiger charge is -2.38. The third-order valence-corrected chi connectivity index (χ3v) is 10.1. The van der Waals surface area contributed by atoms with Crippen LogP contribution >= 0.6 is 0 Å². The van der Waals surface area contributed by atoms with Gasteiger partial charge in [0.25, 0.3) is 5.91 Å². The summed E-state index contributed by atoms with van der Waals surface area (Å²) in [5.41, 5.74) is 10.6. The summed E-state index contributed by atoms with van der Waals surface area (Å²) in [5, 5.41) is 12.1. The molecule has 2 aromatic carbocycles. The summed E-state index contributed by atoms with van der Waals surface area (Å²) in [6.07, 6.45) is -0.925. The highest BCUT2D eigenvalue weighted by atomic mass is 19.4. The molecule has 6 rings (SSSR count). The Morgan fingerprint density at radius 1 is 1.06 bits per heavy atom. The number of piperazine rings is 1. The number of nitrogens with zero attached hydrogens (tertiary/aromatic N) is 3. The van der Waals surface area contributed by atoms with E-state index in [9.17, 15) is 23.1 Å². The zero-order valence-corrected chi connectivity index (χ0v) is 27.0. The van der Waals surface area contributed by atoms with E-state index in [1.54, 1.807) is 0 Å². The van der Waals surface area contributed by atoms with E-state index in [0.29, 0.717) is 25.3 Å². The number of carbonyl (C=O) groups excluding carboxylic acids is 1. The number of carbonyl (C=O) groups is 1. The van der Waals surface area contributed by atoms with E-state index in [1.165, 1.54) is 16.7 Å². The predicted octanol–water partition coefficient (Wildman–Crippen LogP) is 5.55. The number of halogens is 3. The maximum atomic E-state index is 13.2. The highest BCUT2D eigenvalue weighted by molar-refractivity contribution is 5.98. The van der Waals surface area contributed by atoms with Crippen LogP contribution in [0.3, 0.4) is 0 Å². The van der Waals surface area contributed by atoms with E-state index in [0.717, 1.165) is 69.2 Å².